The Morgan fingerprint density at radius 1 is 1.06 bits per heavy atom. The summed E-state index contributed by atoms with van der Waals surface area (Å²) in [5.41, 5.74) is 3.20. The van der Waals surface area contributed by atoms with Gasteiger partial charge in [-0.1, -0.05) is 11.6 Å². The van der Waals surface area contributed by atoms with E-state index in [2.05, 4.69) is 15.5 Å². The molecule has 1 heterocycles. The van der Waals surface area contributed by atoms with Gasteiger partial charge in [-0.15, -0.1) is 0 Å². The van der Waals surface area contributed by atoms with E-state index < -0.39 is 16.0 Å². The first kappa shape index (κ1) is 23.0. The molecule has 0 radical (unpaired) electrons. The number of hydrazone groups is 1. The number of carbonyl (C=O) groups is 1. The number of aromatic nitrogens is 1. The molecular weight excluding hydrogens is 458 g/mol. The van der Waals surface area contributed by atoms with Crippen molar-refractivity contribution in [2.75, 3.05) is 14.2 Å². The summed E-state index contributed by atoms with van der Waals surface area (Å²) >= 11 is 6.25. The molecule has 0 aliphatic carbocycles. The lowest BCUT2D eigenvalue weighted by Gasteiger charge is -2.13. The molecule has 0 atom stereocenters. The predicted molar refractivity (Wildman–Crippen MR) is 118 cm³/mol. The van der Waals surface area contributed by atoms with Crippen molar-refractivity contribution in [3.63, 3.8) is 0 Å². The van der Waals surface area contributed by atoms with Crippen molar-refractivity contribution < 1.29 is 26.9 Å². The van der Waals surface area contributed by atoms with E-state index in [9.17, 15) is 13.2 Å². The van der Waals surface area contributed by atoms with Gasteiger partial charge in [-0.05, 0) is 54.1 Å². The van der Waals surface area contributed by atoms with Crippen LogP contribution in [0.25, 0.3) is 0 Å². The van der Waals surface area contributed by atoms with Crippen LogP contribution in [0.2, 0.25) is 5.02 Å². The highest BCUT2D eigenvalue weighted by Gasteiger charge is 2.22. The topological polar surface area (TPSA) is 116 Å². The summed E-state index contributed by atoms with van der Waals surface area (Å²) in [5.74, 6) is -0.0362. The number of ether oxygens (including phenoxy) is 2. The van der Waals surface area contributed by atoms with Crippen LogP contribution in [0.1, 0.15) is 15.9 Å². The van der Waals surface area contributed by atoms with Crippen LogP contribution in [0.5, 0.6) is 17.2 Å². The summed E-state index contributed by atoms with van der Waals surface area (Å²) in [6.07, 6.45) is 4.30. The van der Waals surface area contributed by atoms with Crippen LogP contribution in [-0.4, -0.2) is 39.7 Å². The van der Waals surface area contributed by atoms with E-state index in [0.717, 1.165) is 0 Å². The Labute approximate surface area is 189 Å². The molecule has 0 fully saturated rings. The second kappa shape index (κ2) is 10.1. The molecule has 0 spiro atoms. The number of halogens is 1. The van der Waals surface area contributed by atoms with Gasteiger partial charge in [-0.2, -0.15) is 13.5 Å². The molecule has 2 aromatic carbocycles. The van der Waals surface area contributed by atoms with Crippen LogP contribution < -0.4 is 19.1 Å². The van der Waals surface area contributed by atoms with Gasteiger partial charge in [0.15, 0.2) is 5.75 Å². The van der Waals surface area contributed by atoms with Gasteiger partial charge in [0.2, 0.25) is 5.75 Å². The van der Waals surface area contributed by atoms with Crippen molar-refractivity contribution in [1.82, 2.24) is 10.4 Å². The van der Waals surface area contributed by atoms with E-state index in [1.807, 2.05) is 0 Å². The zero-order valence-electron chi connectivity index (χ0n) is 17.0. The maximum atomic E-state index is 12.6. The Kier molecular flexibility index (Phi) is 7.29. The van der Waals surface area contributed by atoms with E-state index >= 15 is 0 Å². The van der Waals surface area contributed by atoms with Crippen LogP contribution >= 0.6 is 11.6 Å². The predicted octanol–water partition coefficient (Wildman–Crippen LogP) is 3.28. The quantitative estimate of drug-likeness (QED) is 0.302. The Balaban J connectivity index is 1.79. The molecule has 3 rings (SSSR count). The molecule has 1 amide bonds. The number of methoxy groups -OCH3 is 2. The second-order valence-electron chi connectivity index (χ2n) is 6.18. The summed E-state index contributed by atoms with van der Waals surface area (Å²) in [7, 11) is -1.37. The Morgan fingerprint density at radius 2 is 1.75 bits per heavy atom. The summed E-state index contributed by atoms with van der Waals surface area (Å²) in [5, 5.41) is 3.85. The van der Waals surface area contributed by atoms with Crippen LogP contribution in [0, 0.1) is 0 Å². The lowest BCUT2D eigenvalue weighted by atomic mass is 10.2. The Hall–Kier alpha value is -3.63. The number of pyridine rings is 1. The van der Waals surface area contributed by atoms with Gasteiger partial charge in [-0.3, -0.25) is 9.78 Å². The second-order valence-corrected chi connectivity index (χ2v) is 8.14. The third kappa shape index (κ3) is 5.54. The normalized spacial score (nSPS) is 11.2. The molecule has 1 N–H and O–H groups in total. The van der Waals surface area contributed by atoms with Crippen molar-refractivity contribution in [1.29, 1.82) is 0 Å². The van der Waals surface area contributed by atoms with Gasteiger partial charge in [0.1, 0.15) is 10.6 Å². The van der Waals surface area contributed by atoms with Crippen LogP contribution in [0.3, 0.4) is 0 Å². The Bertz CT molecular complexity index is 1230. The van der Waals surface area contributed by atoms with E-state index in [0.29, 0.717) is 16.9 Å². The third-order valence-corrected chi connectivity index (χ3v) is 5.63. The highest BCUT2D eigenvalue weighted by Crippen LogP contribution is 2.38. The number of nitrogens with zero attached hydrogens (tertiary/aromatic N) is 2. The molecular formula is C21H18ClN3O6S. The number of benzene rings is 2. The van der Waals surface area contributed by atoms with Gasteiger partial charge < -0.3 is 13.7 Å². The van der Waals surface area contributed by atoms with Crippen molar-refractivity contribution >= 4 is 33.8 Å². The molecule has 0 saturated carbocycles. The summed E-state index contributed by atoms with van der Waals surface area (Å²) in [4.78, 5) is 15.8. The zero-order valence-corrected chi connectivity index (χ0v) is 18.6. The monoisotopic (exact) mass is 475 g/mol. The molecule has 0 aliphatic rings. The number of rotatable bonds is 8. The fourth-order valence-corrected chi connectivity index (χ4v) is 3.79. The summed E-state index contributed by atoms with van der Waals surface area (Å²) < 4.78 is 40.7. The molecule has 166 valence electrons. The number of carbonyl (C=O) groups excluding carboxylic acids is 1. The molecule has 0 bridgehead atoms. The molecule has 0 aliphatic heterocycles. The van der Waals surface area contributed by atoms with Crippen LogP contribution in [0.15, 0.2) is 70.9 Å². The van der Waals surface area contributed by atoms with Crippen molar-refractivity contribution in [3.8, 4) is 17.2 Å². The number of hydrogen-bond acceptors (Lipinski definition) is 8. The third-order valence-electron chi connectivity index (χ3n) is 4.12. The maximum absolute atomic E-state index is 12.6. The largest absolute Gasteiger partial charge is 0.497 e. The van der Waals surface area contributed by atoms with Crippen LogP contribution in [0.4, 0.5) is 0 Å². The molecule has 11 heteroatoms. The number of nitrogens with one attached hydrogen (secondary N) is 1. The van der Waals surface area contributed by atoms with Gasteiger partial charge in [0.05, 0.1) is 25.5 Å². The Morgan fingerprint density at radius 3 is 2.38 bits per heavy atom. The van der Waals surface area contributed by atoms with Gasteiger partial charge >= 0.3 is 10.1 Å². The van der Waals surface area contributed by atoms with Gasteiger partial charge in [-0.25, -0.2) is 5.43 Å². The first-order valence-corrected chi connectivity index (χ1v) is 10.8. The van der Waals surface area contributed by atoms with E-state index in [-0.39, 0.29) is 21.4 Å². The fourth-order valence-electron chi connectivity index (χ4n) is 2.53. The average Bonchev–Trinajstić information content (AvgIpc) is 2.81. The lowest BCUT2D eigenvalue weighted by Crippen LogP contribution is -2.17. The van der Waals surface area contributed by atoms with Crippen LogP contribution in [-0.2, 0) is 10.1 Å². The minimum absolute atomic E-state index is 0.0247. The van der Waals surface area contributed by atoms with Gasteiger partial charge in [0, 0.05) is 18.0 Å². The highest BCUT2D eigenvalue weighted by atomic mass is 35.5. The molecule has 9 nitrogen and oxygen atoms in total. The smallest absolute Gasteiger partial charge is 0.339 e. The van der Waals surface area contributed by atoms with E-state index in [1.54, 1.807) is 12.1 Å². The first-order chi connectivity index (χ1) is 15.3. The van der Waals surface area contributed by atoms with E-state index in [4.69, 9.17) is 25.3 Å². The number of amides is 1. The lowest BCUT2D eigenvalue weighted by molar-refractivity contribution is 0.0955. The van der Waals surface area contributed by atoms with Crippen molar-refractivity contribution in [3.05, 3.63) is 77.1 Å². The minimum atomic E-state index is -4.18. The molecule has 32 heavy (non-hydrogen) atoms. The standard InChI is InChI=1S/C21H18ClN3O6S/c1-29-16-3-5-17(6-4-16)32(27,28)31-20-18(22)11-14(12-19(20)30-2)13-24-25-21(26)15-7-9-23-10-8-15/h3-13H,1-2H3,(H,25,26)/b24-13-. The first-order valence-electron chi connectivity index (χ1n) is 9.03. The fraction of sp³-hybridized carbons (Fsp3) is 0.0952. The average molecular weight is 476 g/mol. The number of hydrogen-bond donors (Lipinski definition) is 1. The molecule has 3 aromatic rings. The zero-order chi connectivity index (χ0) is 23.1. The van der Waals surface area contributed by atoms with Gasteiger partial charge in [0.25, 0.3) is 5.91 Å². The summed E-state index contributed by atoms with van der Waals surface area (Å²) in [6.45, 7) is 0. The molecule has 1 aromatic heterocycles. The van der Waals surface area contributed by atoms with Crippen molar-refractivity contribution in [2.45, 2.75) is 4.90 Å². The van der Waals surface area contributed by atoms with Crippen molar-refractivity contribution in [2.24, 2.45) is 5.10 Å². The minimum Gasteiger partial charge on any atom is -0.497 e. The highest BCUT2D eigenvalue weighted by molar-refractivity contribution is 7.87. The van der Waals surface area contributed by atoms with E-state index in [1.165, 1.54) is 69.2 Å². The SMILES string of the molecule is COc1ccc(S(=O)(=O)Oc2c(Cl)cc(/C=N\NC(=O)c3ccncc3)cc2OC)cc1. The molecule has 0 unspecified atom stereocenters. The molecule has 0 saturated heterocycles. The maximum Gasteiger partial charge on any atom is 0.339 e. The summed E-state index contributed by atoms with van der Waals surface area (Å²) in [6, 6.07) is 11.7.